The second-order valence-corrected chi connectivity index (χ2v) is 7.73. The first-order chi connectivity index (χ1) is 13.2. The van der Waals surface area contributed by atoms with E-state index < -0.39 is 0 Å². The number of piperidine rings is 1. The number of pyridine rings is 1. The molecule has 27 heavy (non-hydrogen) atoms. The fourth-order valence-electron chi connectivity index (χ4n) is 4.34. The lowest BCUT2D eigenvalue weighted by atomic mass is 9.78. The van der Waals surface area contributed by atoms with Crippen molar-refractivity contribution < 1.29 is 9.53 Å². The van der Waals surface area contributed by atoms with E-state index in [9.17, 15) is 4.79 Å². The average Bonchev–Trinajstić information content (AvgIpc) is 3.11. The second-order valence-electron chi connectivity index (χ2n) is 7.73. The van der Waals surface area contributed by atoms with Crippen molar-refractivity contribution in [2.45, 2.75) is 19.4 Å². The number of rotatable bonds is 5. The van der Waals surface area contributed by atoms with Crippen molar-refractivity contribution in [1.82, 2.24) is 24.5 Å². The van der Waals surface area contributed by atoms with E-state index in [0.29, 0.717) is 6.61 Å². The Morgan fingerprint density at radius 1 is 1.22 bits per heavy atom. The molecule has 0 aromatic carbocycles. The Balaban J connectivity index is 1.35. The fourth-order valence-corrected chi connectivity index (χ4v) is 4.34. The monoisotopic (exact) mass is 371 g/mol. The van der Waals surface area contributed by atoms with Gasteiger partial charge < -0.3 is 19.4 Å². The molecule has 2 aromatic rings. The third-order valence-corrected chi connectivity index (χ3v) is 5.89. The summed E-state index contributed by atoms with van der Waals surface area (Å²) in [4.78, 5) is 22.4. The van der Waals surface area contributed by atoms with Gasteiger partial charge in [-0.1, -0.05) is 6.07 Å². The Hall–Kier alpha value is -1.96. The Kier molecular flexibility index (Phi) is 5.43. The highest BCUT2D eigenvalue weighted by atomic mass is 16.5. The van der Waals surface area contributed by atoms with Gasteiger partial charge >= 0.3 is 0 Å². The van der Waals surface area contributed by atoms with Crippen LogP contribution in [0.5, 0.6) is 0 Å². The van der Waals surface area contributed by atoms with Crippen molar-refractivity contribution in [2.24, 2.45) is 5.41 Å². The molecule has 146 valence electrons. The van der Waals surface area contributed by atoms with Crippen LogP contribution in [0.2, 0.25) is 0 Å². The van der Waals surface area contributed by atoms with E-state index in [0.717, 1.165) is 70.0 Å². The van der Waals surface area contributed by atoms with Gasteiger partial charge in [0.1, 0.15) is 5.65 Å². The molecule has 4 rings (SSSR count). The molecule has 7 nitrogen and oxygen atoms in total. The van der Waals surface area contributed by atoms with E-state index in [1.165, 1.54) is 0 Å². The first-order valence-corrected chi connectivity index (χ1v) is 9.84. The van der Waals surface area contributed by atoms with Crippen molar-refractivity contribution in [1.29, 1.82) is 0 Å². The lowest BCUT2D eigenvalue weighted by Gasteiger charge is -2.42. The summed E-state index contributed by atoms with van der Waals surface area (Å²) in [5.41, 5.74) is 1.72. The van der Waals surface area contributed by atoms with Crippen LogP contribution in [0.25, 0.3) is 5.65 Å². The Labute approximate surface area is 160 Å². The van der Waals surface area contributed by atoms with Crippen LogP contribution in [0.4, 0.5) is 0 Å². The molecule has 2 fully saturated rings. The van der Waals surface area contributed by atoms with Crippen LogP contribution in [-0.4, -0.2) is 78.1 Å². The SMILES string of the molecule is COCC1(C(=O)N2CCN(Cc3cn4ccccc4n3)CC2)CCNCC1. The number of carbonyl (C=O) groups is 1. The number of amides is 1. The van der Waals surface area contributed by atoms with E-state index >= 15 is 0 Å². The zero-order valence-electron chi connectivity index (χ0n) is 16.1. The van der Waals surface area contributed by atoms with Gasteiger partial charge in [0.15, 0.2) is 0 Å². The minimum absolute atomic E-state index is 0.276. The first kappa shape index (κ1) is 18.4. The fraction of sp³-hybridized carbons (Fsp3) is 0.600. The molecule has 0 unspecified atom stereocenters. The highest BCUT2D eigenvalue weighted by molar-refractivity contribution is 5.83. The number of piperazine rings is 1. The number of fused-ring (bicyclic) bond motifs is 1. The molecule has 0 spiro atoms. The number of carbonyl (C=O) groups excluding carboxylic acids is 1. The topological polar surface area (TPSA) is 62.1 Å². The average molecular weight is 371 g/mol. The van der Waals surface area contributed by atoms with E-state index in [1.54, 1.807) is 7.11 Å². The summed E-state index contributed by atoms with van der Waals surface area (Å²) >= 11 is 0. The molecule has 1 amide bonds. The molecule has 0 aliphatic carbocycles. The van der Waals surface area contributed by atoms with Gasteiger partial charge in [0.05, 0.1) is 17.7 Å². The van der Waals surface area contributed by atoms with Crippen LogP contribution >= 0.6 is 0 Å². The molecule has 2 aromatic heterocycles. The molecule has 0 atom stereocenters. The third kappa shape index (κ3) is 3.85. The predicted octanol–water partition coefficient (Wildman–Crippen LogP) is 0.995. The maximum atomic E-state index is 13.2. The lowest BCUT2D eigenvalue weighted by molar-refractivity contribution is -0.149. The molecule has 2 aliphatic rings. The zero-order valence-corrected chi connectivity index (χ0v) is 16.1. The normalized spacial score (nSPS) is 20.9. The predicted molar refractivity (Wildman–Crippen MR) is 103 cm³/mol. The van der Waals surface area contributed by atoms with Crippen molar-refractivity contribution in [3.8, 4) is 0 Å². The summed E-state index contributed by atoms with van der Waals surface area (Å²) in [5.74, 6) is 0.276. The Morgan fingerprint density at radius 3 is 2.70 bits per heavy atom. The van der Waals surface area contributed by atoms with E-state index in [1.807, 2.05) is 29.3 Å². The summed E-state index contributed by atoms with van der Waals surface area (Å²) < 4.78 is 7.49. The van der Waals surface area contributed by atoms with Gasteiger partial charge in [-0.15, -0.1) is 0 Å². The zero-order chi connectivity index (χ0) is 18.7. The first-order valence-electron chi connectivity index (χ1n) is 9.84. The van der Waals surface area contributed by atoms with Gasteiger partial charge in [-0.05, 0) is 38.1 Å². The third-order valence-electron chi connectivity index (χ3n) is 5.89. The van der Waals surface area contributed by atoms with Crippen molar-refractivity contribution >= 4 is 11.6 Å². The molecule has 7 heteroatoms. The summed E-state index contributed by atoms with van der Waals surface area (Å²) in [6.07, 6.45) is 5.84. The van der Waals surface area contributed by atoms with Gasteiger partial charge in [-0.2, -0.15) is 0 Å². The van der Waals surface area contributed by atoms with Crippen LogP contribution < -0.4 is 5.32 Å². The molecule has 2 saturated heterocycles. The van der Waals surface area contributed by atoms with Gasteiger partial charge in [-0.25, -0.2) is 4.98 Å². The number of ether oxygens (including phenoxy) is 1. The molecule has 0 bridgehead atoms. The number of nitrogens with zero attached hydrogens (tertiary/aromatic N) is 4. The van der Waals surface area contributed by atoms with Gasteiger partial charge in [0.25, 0.3) is 0 Å². The maximum Gasteiger partial charge on any atom is 0.231 e. The number of methoxy groups -OCH3 is 1. The molecule has 1 N–H and O–H groups in total. The smallest absolute Gasteiger partial charge is 0.231 e. The Bertz CT molecular complexity index is 737. The molecule has 2 aliphatic heterocycles. The highest BCUT2D eigenvalue weighted by Gasteiger charge is 2.42. The number of hydrogen-bond acceptors (Lipinski definition) is 5. The minimum Gasteiger partial charge on any atom is -0.384 e. The van der Waals surface area contributed by atoms with Crippen LogP contribution in [0.3, 0.4) is 0 Å². The molecule has 4 heterocycles. The standard InChI is InChI=1S/C20H29N5O2/c1-27-16-20(5-7-21-8-6-20)19(26)24-12-10-23(11-13-24)14-17-15-25-9-3-2-4-18(25)22-17/h2-4,9,15,21H,5-8,10-14,16H2,1H3. The summed E-state index contributed by atoms with van der Waals surface area (Å²) in [6, 6.07) is 6.04. The largest absolute Gasteiger partial charge is 0.384 e. The van der Waals surface area contributed by atoms with Crippen LogP contribution in [0, 0.1) is 5.41 Å². The lowest BCUT2D eigenvalue weighted by Crippen LogP contribution is -2.56. The van der Waals surface area contributed by atoms with Gasteiger partial charge in [-0.3, -0.25) is 9.69 Å². The second kappa shape index (κ2) is 7.96. The quantitative estimate of drug-likeness (QED) is 0.850. The summed E-state index contributed by atoms with van der Waals surface area (Å²) in [6.45, 7) is 6.48. The number of nitrogens with one attached hydrogen (secondary N) is 1. The van der Waals surface area contributed by atoms with Crippen molar-refractivity contribution in [3.05, 3.63) is 36.3 Å². The van der Waals surface area contributed by atoms with Crippen molar-refractivity contribution in [2.75, 3.05) is 53.0 Å². The molecular formula is C20H29N5O2. The van der Waals surface area contributed by atoms with E-state index in [4.69, 9.17) is 4.74 Å². The van der Waals surface area contributed by atoms with Crippen LogP contribution in [0.1, 0.15) is 18.5 Å². The molecule has 0 saturated carbocycles. The van der Waals surface area contributed by atoms with E-state index in [-0.39, 0.29) is 11.3 Å². The van der Waals surface area contributed by atoms with Gasteiger partial charge in [0, 0.05) is 52.2 Å². The number of imidazole rings is 1. The number of hydrogen-bond donors (Lipinski definition) is 1. The van der Waals surface area contributed by atoms with E-state index in [2.05, 4.69) is 25.8 Å². The minimum atomic E-state index is -0.343. The summed E-state index contributed by atoms with van der Waals surface area (Å²) in [5, 5.41) is 3.36. The highest BCUT2D eigenvalue weighted by Crippen LogP contribution is 2.32. The van der Waals surface area contributed by atoms with Crippen LogP contribution in [-0.2, 0) is 16.1 Å². The maximum absolute atomic E-state index is 13.2. The molecular weight excluding hydrogens is 342 g/mol. The van der Waals surface area contributed by atoms with Gasteiger partial charge in [0.2, 0.25) is 5.91 Å². The van der Waals surface area contributed by atoms with Crippen molar-refractivity contribution in [3.63, 3.8) is 0 Å². The molecule has 0 radical (unpaired) electrons. The number of aromatic nitrogens is 2. The summed E-state index contributed by atoms with van der Waals surface area (Å²) in [7, 11) is 1.70. The van der Waals surface area contributed by atoms with Crippen LogP contribution in [0.15, 0.2) is 30.6 Å². The Morgan fingerprint density at radius 2 is 2.00 bits per heavy atom.